The van der Waals surface area contributed by atoms with Gasteiger partial charge in [0.2, 0.25) is 0 Å². The van der Waals surface area contributed by atoms with E-state index in [0.717, 1.165) is 30.4 Å². The number of rotatable bonds is 6. The zero-order chi connectivity index (χ0) is 15.7. The Labute approximate surface area is 129 Å². The fourth-order valence-electron chi connectivity index (χ4n) is 2.93. The molecule has 2 atom stereocenters. The quantitative estimate of drug-likeness (QED) is 0.867. The van der Waals surface area contributed by atoms with Gasteiger partial charge in [-0.15, -0.1) is 0 Å². The van der Waals surface area contributed by atoms with Crippen molar-refractivity contribution in [1.82, 2.24) is 5.32 Å². The van der Waals surface area contributed by atoms with Crippen LogP contribution < -0.4 is 14.8 Å². The van der Waals surface area contributed by atoms with E-state index >= 15 is 0 Å². The molecule has 0 aromatic heterocycles. The van der Waals surface area contributed by atoms with E-state index < -0.39 is 0 Å². The first-order chi connectivity index (χ1) is 9.77. The Morgan fingerprint density at radius 3 is 2.43 bits per heavy atom. The van der Waals surface area contributed by atoms with Crippen LogP contribution in [-0.2, 0) is 6.42 Å². The van der Waals surface area contributed by atoms with Gasteiger partial charge in [0.05, 0.1) is 14.2 Å². The average Bonchev–Trinajstić information content (AvgIpc) is 3.05. The van der Waals surface area contributed by atoms with E-state index in [0.29, 0.717) is 5.41 Å². The van der Waals surface area contributed by atoms with Crippen molar-refractivity contribution in [3.05, 3.63) is 23.8 Å². The highest BCUT2D eigenvalue weighted by Gasteiger charge is 2.49. The van der Waals surface area contributed by atoms with E-state index in [4.69, 9.17) is 9.47 Å². The second-order valence-electron chi connectivity index (χ2n) is 7.55. The smallest absolute Gasteiger partial charge is 0.160 e. The van der Waals surface area contributed by atoms with Gasteiger partial charge < -0.3 is 14.8 Å². The number of nitrogens with one attached hydrogen (secondary N) is 1. The lowest BCUT2D eigenvalue weighted by Gasteiger charge is -2.21. The standard InChI is InChI=1S/C18H29NO2/c1-17(2,3)19-12-14-11-18(14,4)10-13-7-8-15(20-5)16(9-13)21-6/h7-9,14,19H,10-12H2,1-6H3. The molecule has 1 aromatic rings. The van der Waals surface area contributed by atoms with Crippen LogP contribution in [0.1, 0.15) is 39.7 Å². The highest BCUT2D eigenvalue weighted by molar-refractivity contribution is 5.43. The van der Waals surface area contributed by atoms with E-state index in [1.54, 1.807) is 14.2 Å². The van der Waals surface area contributed by atoms with E-state index in [-0.39, 0.29) is 5.54 Å². The van der Waals surface area contributed by atoms with Crippen molar-refractivity contribution < 1.29 is 9.47 Å². The van der Waals surface area contributed by atoms with Crippen molar-refractivity contribution in [2.24, 2.45) is 11.3 Å². The Kier molecular flexibility index (Phi) is 4.52. The van der Waals surface area contributed by atoms with Gasteiger partial charge in [0.25, 0.3) is 0 Å². The van der Waals surface area contributed by atoms with Gasteiger partial charge in [-0.05, 0) is 69.2 Å². The molecule has 3 nitrogen and oxygen atoms in total. The third-order valence-electron chi connectivity index (χ3n) is 4.47. The van der Waals surface area contributed by atoms with Gasteiger partial charge in [0, 0.05) is 5.54 Å². The number of benzene rings is 1. The molecule has 1 fully saturated rings. The van der Waals surface area contributed by atoms with Crippen molar-refractivity contribution in [3.63, 3.8) is 0 Å². The van der Waals surface area contributed by atoms with Crippen LogP contribution in [0.25, 0.3) is 0 Å². The van der Waals surface area contributed by atoms with E-state index in [1.807, 2.05) is 6.07 Å². The maximum absolute atomic E-state index is 5.39. The lowest BCUT2D eigenvalue weighted by molar-refractivity contribution is 0.353. The van der Waals surface area contributed by atoms with E-state index in [9.17, 15) is 0 Å². The minimum atomic E-state index is 0.201. The molecule has 0 radical (unpaired) electrons. The SMILES string of the molecule is COc1ccc(CC2(C)CC2CNC(C)(C)C)cc1OC. The maximum Gasteiger partial charge on any atom is 0.160 e. The van der Waals surface area contributed by atoms with Crippen molar-refractivity contribution >= 4 is 0 Å². The van der Waals surface area contributed by atoms with Crippen LogP contribution >= 0.6 is 0 Å². The molecule has 118 valence electrons. The molecular formula is C18H29NO2. The molecular weight excluding hydrogens is 262 g/mol. The van der Waals surface area contributed by atoms with Crippen molar-refractivity contribution in [3.8, 4) is 11.5 Å². The molecule has 1 N–H and O–H groups in total. The van der Waals surface area contributed by atoms with Crippen LogP contribution in [0.5, 0.6) is 11.5 Å². The molecule has 0 spiro atoms. The van der Waals surface area contributed by atoms with Crippen molar-refractivity contribution in [2.75, 3.05) is 20.8 Å². The summed E-state index contributed by atoms with van der Waals surface area (Å²) >= 11 is 0. The Morgan fingerprint density at radius 1 is 1.19 bits per heavy atom. The lowest BCUT2D eigenvalue weighted by atomic mass is 9.95. The first-order valence-electron chi connectivity index (χ1n) is 7.73. The van der Waals surface area contributed by atoms with Crippen LogP contribution in [0.2, 0.25) is 0 Å². The topological polar surface area (TPSA) is 30.5 Å². The van der Waals surface area contributed by atoms with Gasteiger partial charge in [-0.3, -0.25) is 0 Å². The van der Waals surface area contributed by atoms with Crippen LogP contribution in [0.15, 0.2) is 18.2 Å². The second-order valence-corrected chi connectivity index (χ2v) is 7.55. The van der Waals surface area contributed by atoms with Crippen LogP contribution in [0.4, 0.5) is 0 Å². The highest BCUT2D eigenvalue weighted by atomic mass is 16.5. The number of methoxy groups -OCH3 is 2. The maximum atomic E-state index is 5.39. The second kappa shape index (κ2) is 5.88. The molecule has 1 aliphatic rings. The van der Waals surface area contributed by atoms with Crippen LogP contribution in [0, 0.1) is 11.3 Å². The van der Waals surface area contributed by atoms with Gasteiger partial charge in [0.1, 0.15) is 0 Å². The zero-order valence-electron chi connectivity index (χ0n) is 14.2. The van der Waals surface area contributed by atoms with Crippen LogP contribution in [-0.4, -0.2) is 26.3 Å². The monoisotopic (exact) mass is 291 g/mol. The summed E-state index contributed by atoms with van der Waals surface area (Å²) in [7, 11) is 3.37. The lowest BCUT2D eigenvalue weighted by Crippen LogP contribution is -2.37. The first-order valence-corrected chi connectivity index (χ1v) is 7.73. The third kappa shape index (κ3) is 4.13. The molecule has 21 heavy (non-hydrogen) atoms. The Balaban J connectivity index is 1.96. The summed E-state index contributed by atoms with van der Waals surface area (Å²) in [6.07, 6.45) is 2.40. The summed E-state index contributed by atoms with van der Waals surface area (Å²) in [6.45, 7) is 10.2. The molecule has 0 aliphatic heterocycles. The summed E-state index contributed by atoms with van der Waals surface area (Å²) in [5, 5.41) is 3.62. The summed E-state index contributed by atoms with van der Waals surface area (Å²) in [5.74, 6) is 2.39. The summed E-state index contributed by atoms with van der Waals surface area (Å²) in [6, 6.07) is 6.26. The summed E-state index contributed by atoms with van der Waals surface area (Å²) in [4.78, 5) is 0. The van der Waals surface area contributed by atoms with Crippen LogP contribution in [0.3, 0.4) is 0 Å². The van der Waals surface area contributed by atoms with Gasteiger partial charge in [0.15, 0.2) is 11.5 Å². The van der Waals surface area contributed by atoms with Gasteiger partial charge in [-0.25, -0.2) is 0 Å². The van der Waals surface area contributed by atoms with E-state index in [2.05, 4.69) is 45.1 Å². The number of hydrogen-bond donors (Lipinski definition) is 1. The van der Waals surface area contributed by atoms with Gasteiger partial charge in [-0.1, -0.05) is 13.0 Å². The predicted molar refractivity (Wildman–Crippen MR) is 87.2 cm³/mol. The van der Waals surface area contributed by atoms with Gasteiger partial charge in [-0.2, -0.15) is 0 Å². The highest BCUT2D eigenvalue weighted by Crippen LogP contribution is 2.54. The fraction of sp³-hybridized carbons (Fsp3) is 0.667. The van der Waals surface area contributed by atoms with Gasteiger partial charge >= 0.3 is 0 Å². The minimum absolute atomic E-state index is 0.201. The molecule has 2 unspecified atom stereocenters. The van der Waals surface area contributed by atoms with Crippen molar-refractivity contribution in [2.45, 2.75) is 46.1 Å². The zero-order valence-corrected chi connectivity index (χ0v) is 14.2. The summed E-state index contributed by atoms with van der Waals surface area (Å²) < 4.78 is 10.7. The fourth-order valence-corrected chi connectivity index (χ4v) is 2.93. The first kappa shape index (κ1) is 16.2. The molecule has 0 bridgehead atoms. The number of hydrogen-bond acceptors (Lipinski definition) is 3. The molecule has 0 heterocycles. The number of ether oxygens (including phenoxy) is 2. The molecule has 1 aromatic carbocycles. The Hall–Kier alpha value is -1.22. The largest absolute Gasteiger partial charge is 0.493 e. The van der Waals surface area contributed by atoms with Crippen molar-refractivity contribution in [1.29, 1.82) is 0 Å². The average molecular weight is 291 g/mol. The Bertz CT molecular complexity index is 492. The van der Waals surface area contributed by atoms with E-state index in [1.165, 1.54) is 12.0 Å². The normalized spacial score (nSPS) is 24.8. The molecule has 0 saturated heterocycles. The molecule has 2 rings (SSSR count). The minimum Gasteiger partial charge on any atom is -0.493 e. The summed E-state index contributed by atoms with van der Waals surface area (Å²) in [5.41, 5.74) is 1.94. The predicted octanol–water partition coefficient (Wildman–Crippen LogP) is 3.66. The molecule has 0 amide bonds. The molecule has 1 saturated carbocycles. The third-order valence-corrected chi connectivity index (χ3v) is 4.47. The Morgan fingerprint density at radius 2 is 1.86 bits per heavy atom. The molecule has 1 aliphatic carbocycles. The molecule has 3 heteroatoms.